The van der Waals surface area contributed by atoms with Crippen LogP contribution in [0.5, 0.6) is 0 Å². The number of hydrogen-bond donors (Lipinski definition) is 0. The third-order valence-electron chi connectivity index (χ3n) is 4.29. The Morgan fingerprint density at radius 1 is 1.41 bits per heavy atom. The molecular formula is C15H22N6O. The Balaban J connectivity index is 1.73. The van der Waals surface area contributed by atoms with Gasteiger partial charge in [-0.25, -0.2) is 9.67 Å². The fraction of sp³-hybridized carbons (Fsp3) is 0.600. The predicted octanol–water partition coefficient (Wildman–Crippen LogP) is 1.52. The molecular weight excluding hydrogens is 280 g/mol. The molecule has 0 N–H and O–H groups in total. The van der Waals surface area contributed by atoms with Crippen LogP contribution in [0.4, 0.5) is 0 Å². The number of carbonyl (C=O) groups is 1. The van der Waals surface area contributed by atoms with Gasteiger partial charge in [-0.05, 0) is 39.7 Å². The maximum atomic E-state index is 12.7. The standard InChI is InChI=1S/C15H22N6O/c1-11-7-12(2)21(18-11)14-5-4-6-19(8-14)15(22)13(3)20-10-16-9-17-20/h7,9-10,13-14H,4-6,8H2,1-3H3. The van der Waals surface area contributed by atoms with Gasteiger partial charge >= 0.3 is 0 Å². The Kier molecular flexibility index (Phi) is 3.96. The van der Waals surface area contributed by atoms with Crippen molar-refractivity contribution in [2.45, 2.75) is 45.7 Å². The van der Waals surface area contributed by atoms with Gasteiger partial charge in [0.05, 0.1) is 11.7 Å². The molecule has 0 bridgehead atoms. The lowest BCUT2D eigenvalue weighted by molar-refractivity contribution is -0.136. The maximum Gasteiger partial charge on any atom is 0.247 e. The highest BCUT2D eigenvalue weighted by molar-refractivity contribution is 5.80. The molecule has 0 aliphatic carbocycles. The largest absolute Gasteiger partial charge is 0.339 e. The summed E-state index contributed by atoms with van der Waals surface area (Å²) < 4.78 is 3.67. The molecule has 1 fully saturated rings. The molecule has 2 unspecified atom stereocenters. The van der Waals surface area contributed by atoms with Crippen LogP contribution in [0.1, 0.15) is 43.2 Å². The normalized spacial score (nSPS) is 20.1. The van der Waals surface area contributed by atoms with Crippen molar-refractivity contribution in [1.29, 1.82) is 0 Å². The van der Waals surface area contributed by atoms with Gasteiger partial charge in [0, 0.05) is 18.8 Å². The van der Waals surface area contributed by atoms with E-state index in [2.05, 4.69) is 32.9 Å². The number of aromatic nitrogens is 5. The molecule has 118 valence electrons. The molecule has 0 saturated carbocycles. The van der Waals surface area contributed by atoms with Gasteiger partial charge in [-0.3, -0.25) is 9.48 Å². The first-order chi connectivity index (χ1) is 10.6. The quantitative estimate of drug-likeness (QED) is 0.862. The molecule has 7 heteroatoms. The predicted molar refractivity (Wildman–Crippen MR) is 81.3 cm³/mol. The number of piperidine rings is 1. The van der Waals surface area contributed by atoms with Crippen molar-refractivity contribution in [3.63, 3.8) is 0 Å². The summed E-state index contributed by atoms with van der Waals surface area (Å²) in [6.07, 6.45) is 5.10. The molecule has 2 aromatic heterocycles. The van der Waals surface area contributed by atoms with Crippen molar-refractivity contribution in [3.05, 3.63) is 30.1 Å². The van der Waals surface area contributed by atoms with Crippen LogP contribution >= 0.6 is 0 Å². The molecule has 0 spiro atoms. The summed E-state index contributed by atoms with van der Waals surface area (Å²) in [6, 6.07) is 2.02. The lowest BCUT2D eigenvalue weighted by atomic mass is 10.0. The number of likely N-dealkylation sites (tertiary alicyclic amines) is 1. The minimum Gasteiger partial charge on any atom is -0.339 e. The van der Waals surface area contributed by atoms with Crippen LogP contribution in [-0.2, 0) is 4.79 Å². The molecule has 2 aromatic rings. The highest BCUT2D eigenvalue weighted by Gasteiger charge is 2.29. The summed E-state index contributed by atoms with van der Waals surface area (Å²) in [4.78, 5) is 18.5. The zero-order valence-corrected chi connectivity index (χ0v) is 13.3. The highest BCUT2D eigenvalue weighted by atomic mass is 16.2. The van der Waals surface area contributed by atoms with Crippen molar-refractivity contribution in [3.8, 4) is 0 Å². The fourth-order valence-electron chi connectivity index (χ4n) is 3.17. The van der Waals surface area contributed by atoms with E-state index in [1.165, 1.54) is 6.33 Å². The number of nitrogens with zero attached hydrogens (tertiary/aromatic N) is 6. The maximum absolute atomic E-state index is 12.7. The van der Waals surface area contributed by atoms with Gasteiger partial charge in [0.2, 0.25) is 5.91 Å². The highest BCUT2D eigenvalue weighted by Crippen LogP contribution is 2.24. The van der Waals surface area contributed by atoms with Crippen molar-refractivity contribution in [2.75, 3.05) is 13.1 Å². The van der Waals surface area contributed by atoms with E-state index in [9.17, 15) is 4.79 Å². The topological polar surface area (TPSA) is 68.8 Å². The Hall–Kier alpha value is -2.18. The van der Waals surface area contributed by atoms with Gasteiger partial charge in [0.15, 0.2) is 0 Å². The number of carbonyl (C=O) groups excluding carboxylic acids is 1. The minimum atomic E-state index is -0.318. The van der Waals surface area contributed by atoms with E-state index in [1.54, 1.807) is 11.0 Å². The second-order valence-electron chi connectivity index (χ2n) is 6.00. The Bertz CT molecular complexity index is 647. The third kappa shape index (κ3) is 2.75. The second kappa shape index (κ2) is 5.90. The smallest absolute Gasteiger partial charge is 0.247 e. The second-order valence-corrected chi connectivity index (χ2v) is 6.00. The van der Waals surface area contributed by atoms with E-state index in [0.29, 0.717) is 6.54 Å². The number of rotatable bonds is 3. The van der Waals surface area contributed by atoms with Crippen LogP contribution in [-0.4, -0.2) is 48.4 Å². The molecule has 1 amide bonds. The van der Waals surface area contributed by atoms with E-state index in [-0.39, 0.29) is 18.0 Å². The van der Waals surface area contributed by atoms with E-state index in [1.807, 2.05) is 18.7 Å². The van der Waals surface area contributed by atoms with E-state index in [4.69, 9.17) is 0 Å². The Morgan fingerprint density at radius 2 is 2.23 bits per heavy atom. The molecule has 1 aliphatic rings. The first-order valence-electron chi connectivity index (χ1n) is 7.72. The van der Waals surface area contributed by atoms with Crippen LogP contribution in [0.2, 0.25) is 0 Å². The molecule has 0 aromatic carbocycles. The first kappa shape index (κ1) is 14.7. The molecule has 7 nitrogen and oxygen atoms in total. The number of aryl methyl sites for hydroxylation is 2. The van der Waals surface area contributed by atoms with Crippen molar-refractivity contribution in [2.24, 2.45) is 0 Å². The SMILES string of the molecule is Cc1cc(C)n(C2CCCN(C(=O)C(C)n3cncn3)C2)n1. The van der Waals surface area contributed by atoms with Crippen molar-refractivity contribution < 1.29 is 4.79 Å². The Labute approximate surface area is 129 Å². The summed E-state index contributed by atoms with van der Waals surface area (Å²) in [6.45, 7) is 7.44. The van der Waals surface area contributed by atoms with Gasteiger partial charge in [0.25, 0.3) is 0 Å². The monoisotopic (exact) mass is 302 g/mol. The molecule has 0 radical (unpaired) electrons. The first-order valence-corrected chi connectivity index (χ1v) is 7.72. The van der Waals surface area contributed by atoms with Gasteiger partial charge < -0.3 is 4.90 Å². The minimum absolute atomic E-state index is 0.0942. The zero-order chi connectivity index (χ0) is 15.7. The van der Waals surface area contributed by atoms with Gasteiger partial charge in [0.1, 0.15) is 18.7 Å². The van der Waals surface area contributed by atoms with Crippen LogP contribution in [0.3, 0.4) is 0 Å². The van der Waals surface area contributed by atoms with Crippen LogP contribution in [0.15, 0.2) is 18.7 Å². The summed E-state index contributed by atoms with van der Waals surface area (Å²) in [5.41, 5.74) is 2.18. The van der Waals surface area contributed by atoms with Gasteiger partial charge in [-0.2, -0.15) is 10.2 Å². The molecule has 1 aliphatic heterocycles. The molecule has 1 saturated heterocycles. The van der Waals surface area contributed by atoms with Crippen LogP contribution in [0.25, 0.3) is 0 Å². The fourth-order valence-corrected chi connectivity index (χ4v) is 3.17. The molecule has 2 atom stereocenters. The zero-order valence-electron chi connectivity index (χ0n) is 13.3. The average Bonchev–Trinajstić information content (AvgIpc) is 3.15. The summed E-state index contributed by atoms with van der Waals surface area (Å²) in [7, 11) is 0. The van der Waals surface area contributed by atoms with E-state index < -0.39 is 0 Å². The lowest BCUT2D eigenvalue weighted by Crippen LogP contribution is -2.44. The number of hydrogen-bond acceptors (Lipinski definition) is 4. The molecule has 3 heterocycles. The molecule has 22 heavy (non-hydrogen) atoms. The van der Waals surface area contributed by atoms with E-state index >= 15 is 0 Å². The van der Waals surface area contributed by atoms with Crippen LogP contribution < -0.4 is 0 Å². The summed E-state index contributed by atoms with van der Waals surface area (Å²) in [5.74, 6) is 0.0942. The van der Waals surface area contributed by atoms with E-state index in [0.717, 1.165) is 30.8 Å². The number of amides is 1. The lowest BCUT2D eigenvalue weighted by Gasteiger charge is -2.34. The summed E-state index contributed by atoms with van der Waals surface area (Å²) in [5, 5.41) is 8.64. The average molecular weight is 302 g/mol. The third-order valence-corrected chi connectivity index (χ3v) is 4.29. The van der Waals surface area contributed by atoms with Gasteiger partial charge in [-0.1, -0.05) is 0 Å². The Morgan fingerprint density at radius 3 is 2.86 bits per heavy atom. The van der Waals surface area contributed by atoms with Gasteiger partial charge in [-0.15, -0.1) is 0 Å². The van der Waals surface area contributed by atoms with Crippen molar-refractivity contribution in [1.82, 2.24) is 29.4 Å². The summed E-state index contributed by atoms with van der Waals surface area (Å²) >= 11 is 0. The van der Waals surface area contributed by atoms with Crippen LogP contribution in [0, 0.1) is 13.8 Å². The van der Waals surface area contributed by atoms with Crippen molar-refractivity contribution >= 4 is 5.91 Å². The molecule has 3 rings (SSSR count).